The van der Waals surface area contributed by atoms with Gasteiger partial charge in [0.1, 0.15) is 0 Å². The first-order chi connectivity index (χ1) is 14.2. The van der Waals surface area contributed by atoms with Gasteiger partial charge in [0.15, 0.2) is 11.8 Å². The summed E-state index contributed by atoms with van der Waals surface area (Å²) in [4.78, 5) is 25.3. The van der Waals surface area contributed by atoms with Crippen LogP contribution in [0.15, 0.2) is 64.6 Å². The Bertz CT molecular complexity index is 1080. The molecule has 0 aliphatic carbocycles. The van der Waals surface area contributed by atoms with Gasteiger partial charge in [-0.1, -0.05) is 36.4 Å². The highest BCUT2D eigenvalue weighted by Gasteiger charge is 2.22. The van der Waals surface area contributed by atoms with Gasteiger partial charge in [-0.2, -0.15) is 0 Å². The van der Waals surface area contributed by atoms with Crippen LogP contribution in [-0.4, -0.2) is 53.6 Å². The van der Waals surface area contributed by atoms with Crippen LogP contribution in [0.1, 0.15) is 5.56 Å². The van der Waals surface area contributed by atoms with Crippen molar-refractivity contribution in [2.75, 3.05) is 38.1 Å². The molecule has 0 atom stereocenters. The van der Waals surface area contributed by atoms with Crippen LogP contribution in [0.4, 0.5) is 5.82 Å². The molecule has 0 bridgehead atoms. The third-order valence-electron chi connectivity index (χ3n) is 5.35. The second kappa shape index (κ2) is 8.34. The van der Waals surface area contributed by atoms with E-state index < -0.39 is 0 Å². The first-order valence-electron chi connectivity index (χ1n) is 9.85. The summed E-state index contributed by atoms with van der Waals surface area (Å²) < 4.78 is 1.57. The molecule has 7 nitrogen and oxygen atoms in total. The lowest BCUT2D eigenvalue weighted by Gasteiger charge is -2.36. The van der Waals surface area contributed by atoms with Crippen molar-refractivity contribution >= 4 is 22.5 Å². The number of aryl methyl sites for hydroxylation is 1. The van der Waals surface area contributed by atoms with E-state index in [1.54, 1.807) is 24.0 Å². The lowest BCUT2D eigenvalue weighted by atomic mass is 10.1. The molecule has 4 rings (SSSR count). The topological polar surface area (TPSA) is 65.8 Å². The van der Waals surface area contributed by atoms with E-state index in [4.69, 9.17) is 0 Å². The Kier molecular flexibility index (Phi) is 5.46. The summed E-state index contributed by atoms with van der Waals surface area (Å²) in [6.45, 7) is 3.78. The van der Waals surface area contributed by atoms with Crippen LogP contribution in [0.5, 0.6) is 0 Å². The number of hydrogen-bond donors (Lipinski definition) is 1. The van der Waals surface area contributed by atoms with Crippen molar-refractivity contribution in [3.05, 3.63) is 70.8 Å². The van der Waals surface area contributed by atoms with Crippen molar-refractivity contribution in [2.45, 2.75) is 6.54 Å². The molecule has 1 aliphatic rings. The minimum absolute atomic E-state index is 0.0558. The molecule has 1 fully saturated rings. The molecule has 2 aromatic carbocycles. The molecular formula is C22H26N6O. The molecule has 1 N–H and O–H groups in total. The molecule has 2 heterocycles. The van der Waals surface area contributed by atoms with Gasteiger partial charge >= 0.3 is 0 Å². The zero-order valence-corrected chi connectivity index (χ0v) is 16.9. The molecule has 0 spiro atoms. The SMILES string of the molecule is CN=C(NCc1ccc2ccccc2c1)N1CCN(c2nccn(C)c2=O)CC1. The molecule has 1 aliphatic heterocycles. The fraction of sp³-hybridized carbons (Fsp3) is 0.318. The van der Waals surface area contributed by atoms with Gasteiger partial charge in [0.25, 0.3) is 5.56 Å². The van der Waals surface area contributed by atoms with Gasteiger partial charge in [-0.05, 0) is 22.4 Å². The maximum atomic E-state index is 12.3. The van der Waals surface area contributed by atoms with E-state index in [1.165, 1.54) is 16.3 Å². The summed E-state index contributed by atoms with van der Waals surface area (Å²) in [5, 5.41) is 5.96. The Balaban J connectivity index is 1.37. The fourth-order valence-corrected chi connectivity index (χ4v) is 3.69. The number of nitrogens with zero attached hydrogens (tertiary/aromatic N) is 5. The summed E-state index contributed by atoms with van der Waals surface area (Å²) in [7, 11) is 3.56. The number of guanidine groups is 1. The van der Waals surface area contributed by atoms with Gasteiger partial charge in [-0.25, -0.2) is 4.98 Å². The molecule has 150 valence electrons. The van der Waals surface area contributed by atoms with Gasteiger partial charge in [0.2, 0.25) is 0 Å². The van der Waals surface area contributed by atoms with Crippen molar-refractivity contribution in [2.24, 2.45) is 12.0 Å². The first-order valence-corrected chi connectivity index (χ1v) is 9.85. The highest BCUT2D eigenvalue weighted by molar-refractivity contribution is 5.83. The van der Waals surface area contributed by atoms with Crippen molar-refractivity contribution in [3.8, 4) is 0 Å². The van der Waals surface area contributed by atoms with Crippen molar-refractivity contribution in [1.29, 1.82) is 0 Å². The van der Waals surface area contributed by atoms with Crippen molar-refractivity contribution in [1.82, 2.24) is 19.8 Å². The summed E-state index contributed by atoms with van der Waals surface area (Å²) >= 11 is 0. The maximum Gasteiger partial charge on any atom is 0.293 e. The fourth-order valence-electron chi connectivity index (χ4n) is 3.69. The minimum atomic E-state index is -0.0558. The van der Waals surface area contributed by atoms with Crippen LogP contribution in [0.3, 0.4) is 0 Å². The molecule has 29 heavy (non-hydrogen) atoms. The summed E-state index contributed by atoms with van der Waals surface area (Å²) in [5.41, 5.74) is 1.17. The number of aromatic nitrogens is 2. The average molecular weight is 390 g/mol. The Morgan fingerprint density at radius 3 is 2.62 bits per heavy atom. The smallest absolute Gasteiger partial charge is 0.293 e. The van der Waals surface area contributed by atoms with Crippen molar-refractivity contribution < 1.29 is 0 Å². The molecule has 0 saturated carbocycles. The van der Waals surface area contributed by atoms with E-state index in [-0.39, 0.29) is 5.56 Å². The minimum Gasteiger partial charge on any atom is -0.352 e. The van der Waals surface area contributed by atoms with Gasteiger partial charge < -0.3 is 19.7 Å². The quantitative estimate of drug-likeness (QED) is 0.546. The Labute approximate surface area is 170 Å². The lowest BCUT2D eigenvalue weighted by Crippen LogP contribution is -2.53. The molecule has 0 radical (unpaired) electrons. The van der Waals surface area contributed by atoms with Crippen LogP contribution >= 0.6 is 0 Å². The maximum absolute atomic E-state index is 12.3. The highest BCUT2D eigenvalue weighted by Crippen LogP contribution is 2.15. The normalized spacial score (nSPS) is 15.0. The van der Waals surface area contributed by atoms with Gasteiger partial charge in [-0.15, -0.1) is 0 Å². The summed E-state index contributed by atoms with van der Waals surface area (Å²) in [5.74, 6) is 1.40. The number of hydrogen-bond acceptors (Lipinski definition) is 4. The monoisotopic (exact) mass is 390 g/mol. The van der Waals surface area contributed by atoms with Crippen LogP contribution in [-0.2, 0) is 13.6 Å². The molecule has 1 saturated heterocycles. The number of piperazine rings is 1. The third-order valence-corrected chi connectivity index (χ3v) is 5.35. The summed E-state index contributed by atoms with van der Waals surface area (Å²) in [6, 6.07) is 14.9. The van der Waals surface area contributed by atoms with E-state index in [9.17, 15) is 4.79 Å². The Morgan fingerprint density at radius 1 is 1.10 bits per heavy atom. The first kappa shape index (κ1) is 19.0. The third kappa shape index (κ3) is 4.08. The molecule has 0 amide bonds. The van der Waals surface area contributed by atoms with Gasteiger partial charge in [-0.3, -0.25) is 9.79 Å². The van der Waals surface area contributed by atoms with Crippen LogP contribution in [0.2, 0.25) is 0 Å². The molecule has 3 aromatic rings. The van der Waals surface area contributed by atoms with E-state index in [1.807, 2.05) is 7.05 Å². The van der Waals surface area contributed by atoms with Crippen LogP contribution < -0.4 is 15.8 Å². The lowest BCUT2D eigenvalue weighted by molar-refractivity contribution is 0.370. The zero-order valence-electron chi connectivity index (χ0n) is 16.9. The molecule has 1 aromatic heterocycles. The average Bonchev–Trinajstić information content (AvgIpc) is 2.76. The standard InChI is InChI=1S/C22H26N6O/c1-23-22(25-16-17-7-8-18-5-3-4-6-19(18)15-17)28-13-11-27(12-14-28)20-21(29)26(2)10-9-24-20/h3-10,15H,11-14,16H2,1-2H3,(H,23,25). The molecule has 0 unspecified atom stereocenters. The molecular weight excluding hydrogens is 364 g/mol. The highest BCUT2D eigenvalue weighted by atomic mass is 16.1. The Morgan fingerprint density at radius 2 is 1.86 bits per heavy atom. The number of fused-ring (bicyclic) bond motifs is 1. The number of benzene rings is 2. The second-order valence-corrected chi connectivity index (χ2v) is 7.22. The number of anilines is 1. The number of nitrogens with one attached hydrogen (secondary N) is 1. The Hall–Kier alpha value is -3.35. The van der Waals surface area contributed by atoms with E-state index >= 15 is 0 Å². The summed E-state index contributed by atoms with van der Waals surface area (Å²) in [6.07, 6.45) is 3.35. The molecule has 7 heteroatoms. The van der Waals surface area contributed by atoms with E-state index in [2.05, 4.69) is 67.6 Å². The van der Waals surface area contributed by atoms with E-state index in [0.29, 0.717) is 5.82 Å². The predicted molar refractivity (Wildman–Crippen MR) is 117 cm³/mol. The number of rotatable bonds is 3. The second-order valence-electron chi connectivity index (χ2n) is 7.22. The van der Waals surface area contributed by atoms with Crippen molar-refractivity contribution in [3.63, 3.8) is 0 Å². The van der Waals surface area contributed by atoms with Crippen LogP contribution in [0.25, 0.3) is 10.8 Å². The predicted octanol–water partition coefficient (Wildman–Crippen LogP) is 1.83. The number of aliphatic imine (C=N–C) groups is 1. The van der Waals surface area contributed by atoms with E-state index in [0.717, 1.165) is 38.7 Å². The van der Waals surface area contributed by atoms with Crippen LogP contribution in [0, 0.1) is 0 Å². The largest absolute Gasteiger partial charge is 0.352 e. The van der Waals surface area contributed by atoms with Gasteiger partial charge in [0, 0.05) is 59.2 Å². The van der Waals surface area contributed by atoms with Gasteiger partial charge in [0.05, 0.1) is 0 Å². The zero-order chi connectivity index (χ0) is 20.2.